The van der Waals surface area contributed by atoms with Gasteiger partial charge in [0.25, 0.3) is 0 Å². The number of fused-ring (bicyclic) bond motifs is 2. The summed E-state index contributed by atoms with van der Waals surface area (Å²) in [6.45, 7) is 4.77. The Labute approximate surface area is 129 Å². The number of nitrogens with zero attached hydrogens (tertiary/aromatic N) is 3. The molecule has 3 heterocycles. The largest absolute Gasteiger partial charge is 0.493 e. The second kappa shape index (κ2) is 5.25. The second-order valence-electron chi connectivity index (χ2n) is 6.00. The van der Waals surface area contributed by atoms with Crippen molar-refractivity contribution in [2.75, 3.05) is 13.2 Å². The molecule has 2 aromatic rings. The lowest BCUT2D eigenvalue weighted by Crippen LogP contribution is -2.33. The summed E-state index contributed by atoms with van der Waals surface area (Å²) in [7, 11) is 0. The zero-order valence-corrected chi connectivity index (χ0v) is 12.6. The molecule has 0 saturated carbocycles. The summed E-state index contributed by atoms with van der Waals surface area (Å²) in [4.78, 5) is 10.4. The van der Waals surface area contributed by atoms with Gasteiger partial charge in [0.1, 0.15) is 5.75 Å². The number of hydrogen-bond donors (Lipinski definition) is 1. The van der Waals surface area contributed by atoms with Gasteiger partial charge in [0.15, 0.2) is 0 Å². The molecule has 0 radical (unpaired) electrons. The van der Waals surface area contributed by atoms with Gasteiger partial charge in [0.2, 0.25) is 0 Å². The highest BCUT2D eigenvalue weighted by atomic mass is 16.5. The molecular formula is C17H19N3O2. The SMILES string of the molecule is CC(c1ccc2c(c1)OCC2)N1CCc2nc(O)ncc2C1. The summed E-state index contributed by atoms with van der Waals surface area (Å²) < 4.78 is 5.68. The van der Waals surface area contributed by atoms with Gasteiger partial charge in [0.05, 0.1) is 12.3 Å². The first-order valence-electron chi connectivity index (χ1n) is 7.74. The van der Waals surface area contributed by atoms with Crippen LogP contribution in [-0.4, -0.2) is 33.1 Å². The van der Waals surface area contributed by atoms with Crippen molar-refractivity contribution in [3.63, 3.8) is 0 Å². The van der Waals surface area contributed by atoms with Gasteiger partial charge in [-0.25, -0.2) is 9.97 Å². The second-order valence-corrected chi connectivity index (χ2v) is 6.00. The first kappa shape index (κ1) is 13.5. The molecule has 22 heavy (non-hydrogen) atoms. The number of ether oxygens (including phenoxy) is 1. The van der Waals surface area contributed by atoms with E-state index in [4.69, 9.17) is 4.74 Å². The van der Waals surface area contributed by atoms with E-state index in [0.29, 0.717) is 6.04 Å². The van der Waals surface area contributed by atoms with Crippen molar-refractivity contribution in [2.24, 2.45) is 0 Å². The van der Waals surface area contributed by atoms with Crippen LogP contribution in [-0.2, 0) is 19.4 Å². The lowest BCUT2D eigenvalue weighted by molar-refractivity contribution is 0.189. The molecule has 4 rings (SSSR count). The molecule has 0 amide bonds. The van der Waals surface area contributed by atoms with Crippen LogP contribution >= 0.6 is 0 Å². The number of benzene rings is 1. The van der Waals surface area contributed by atoms with Crippen molar-refractivity contribution < 1.29 is 9.84 Å². The van der Waals surface area contributed by atoms with E-state index in [0.717, 1.165) is 49.5 Å². The first-order chi connectivity index (χ1) is 10.7. The van der Waals surface area contributed by atoms with Crippen LogP contribution in [0.4, 0.5) is 0 Å². The molecule has 2 aliphatic heterocycles. The van der Waals surface area contributed by atoms with Crippen LogP contribution in [0.3, 0.4) is 0 Å². The maximum absolute atomic E-state index is 9.38. The number of hydrogen-bond acceptors (Lipinski definition) is 5. The van der Waals surface area contributed by atoms with E-state index in [9.17, 15) is 5.11 Å². The summed E-state index contributed by atoms with van der Waals surface area (Å²) >= 11 is 0. The standard InChI is InChI=1S/C17H19N3O2/c1-11(13-3-2-12-5-7-22-16(12)8-13)20-6-4-15-14(10-20)9-18-17(21)19-15/h2-3,8-9,11H,4-7,10H2,1H3,(H,18,19,21). The molecule has 1 aromatic carbocycles. The maximum atomic E-state index is 9.38. The molecule has 1 atom stereocenters. The van der Waals surface area contributed by atoms with E-state index in [2.05, 4.69) is 40.0 Å². The number of aromatic hydroxyl groups is 1. The van der Waals surface area contributed by atoms with Crippen LogP contribution in [0.1, 0.15) is 35.3 Å². The van der Waals surface area contributed by atoms with Crippen molar-refractivity contribution in [3.8, 4) is 11.8 Å². The normalized spacial score (nSPS) is 18.4. The van der Waals surface area contributed by atoms with Crippen LogP contribution in [0.2, 0.25) is 0 Å². The highest BCUT2D eigenvalue weighted by Gasteiger charge is 2.24. The van der Waals surface area contributed by atoms with Gasteiger partial charge < -0.3 is 9.84 Å². The molecule has 0 bridgehead atoms. The van der Waals surface area contributed by atoms with Crippen molar-refractivity contribution in [1.82, 2.24) is 14.9 Å². The minimum absolute atomic E-state index is 0.129. The fraction of sp³-hybridized carbons (Fsp3) is 0.412. The van der Waals surface area contributed by atoms with Gasteiger partial charge in [-0.15, -0.1) is 0 Å². The summed E-state index contributed by atoms with van der Waals surface area (Å²) in [6.07, 6.45) is 3.60. The minimum atomic E-state index is -0.129. The van der Waals surface area contributed by atoms with Crippen LogP contribution < -0.4 is 4.74 Å². The highest BCUT2D eigenvalue weighted by Crippen LogP contribution is 2.32. The molecule has 0 fully saturated rings. The topological polar surface area (TPSA) is 58.5 Å². The molecular weight excluding hydrogens is 278 g/mol. The third-order valence-corrected chi connectivity index (χ3v) is 4.70. The molecule has 5 heteroatoms. The summed E-state index contributed by atoms with van der Waals surface area (Å²) in [5, 5.41) is 9.38. The fourth-order valence-corrected chi connectivity index (χ4v) is 3.31. The van der Waals surface area contributed by atoms with E-state index < -0.39 is 0 Å². The highest BCUT2D eigenvalue weighted by molar-refractivity contribution is 5.41. The number of rotatable bonds is 2. The lowest BCUT2D eigenvalue weighted by atomic mass is 10.00. The van der Waals surface area contributed by atoms with Crippen molar-refractivity contribution >= 4 is 0 Å². The zero-order chi connectivity index (χ0) is 15.1. The van der Waals surface area contributed by atoms with Gasteiger partial charge >= 0.3 is 6.01 Å². The molecule has 114 valence electrons. The lowest BCUT2D eigenvalue weighted by Gasteiger charge is -2.33. The first-order valence-corrected chi connectivity index (χ1v) is 7.74. The van der Waals surface area contributed by atoms with Gasteiger partial charge in [-0.05, 0) is 24.1 Å². The third kappa shape index (κ3) is 2.31. The van der Waals surface area contributed by atoms with Gasteiger partial charge in [0, 0.05) is 43.7 Å². The fourth-order valence-electron chi connectivity index (χ4n) is 3.31. The van der Waals surface area contributed by atoms with Crippen LogP contribution in [0.5, 0.6) is 11.8 Å². The van der Waals surface area contributed by atoms with Gasteiger partial charge in [-0.3, -0.25) is 4.90 Å². The van der Waals surface area contributed by atoms with E-state index in [1.807, 2.05) is 0 Å². The maximum Gasteiger partial charge on any atom is 0.314 e. The average molecular weight is 297 g/mol. The van der Waals surface area contributed by atoms with Crippen molar-refractivity contribution in [3.05, 3.63) is 46.8 Å². The van der Waals surface area contributed by atoms with E-state index in [-0.39, 0.29) is 6.01 Å². The summed E-state index contributed by atoms with van der Waals surface area (Å²) in [5.41, 5.74) is 4.66. The Bertz CT molecular complexity index is 717. The molecule has 1 unspecified atom stereocenters. The van der Waals surface area contributed by atoms with Crippen LogP contribution in [0.25, 0.3) is 0 Å². The van der Waals surface area contributed by atoms with Gasteiger partial charge in [-0.1, -0.05) is 12.1 Å². The van der Waals surface area contributed by atoms with Crippen LogP contribution in [0, 0.1) is 0 Å². The van der Waals surface area contributed by atoms with Gasteiger partial charge in [-0.2, -0.15) is 0 Å². The monoisotopic (exact) mass is 297 g/mol. The third-order valence-electron chi connectivity index (χ3n) is 4.70. The molecule has 0 aliphatic carbocycles. The molecule has 1 N–H and O–H groups in total. The Kier molecular flexibility index (Phi) is 3.22. The Balaban J connectivity index is 1.56. The average Bonchev–Trinajstić information content (AvgIpc) is 3.01. The van der Waals surface area contributed by atoms with E-state index in [1.165, 1.54) is 11.1 Å². The Hall–Kier alpha value is -2.14. The molecule has 0 spiro atoms. The Morgan fingerprint density at radius 1 is 1.27 bits per heavy atom. The summed E-state index contributed by atoms with van der Waals surface area (Å²) in [6, 6.07) is 6.76. The van der Waals surface area contributed by atoms with E-state index >= 15 is 0 Å². The zero-order valence-electron chi connectivity index (χ0n) is 12.6. The molecule has 2 aliphatic rings. The van der Waals surface area contributed by atoms with Crippen molar-refractivity contribution in [1.29, 1.82) is 0 Å². The Morgan fingerprint density at radius 2 is 2.18 bits per heavy atom. The summed E-state index contributed by atoms with van der Waals surface area (Å²) in [5.74, 6) is 1.04. The minimum Gasteiger partial charge on any atom is -0.493 e. The van der Waals surface area contributed by atoms with Crippen LogP contribution in [0.15, 0.2) is 24.4 Å². The van der Waals surface area contributed by atoms with E-state index in [1.54, 1.807) is 6.20 Å². The quantitative estimate of drug-likeness (QED) is 0.921. The molecule has 0 saturated heterocycles. The smallest absolute Gasteiger partial charge is 0.314 e. The van der Waals surface area contributed by atoms with Crippen molar-refractivity contribution in [2.45, 2.75) is 32.4 Å². The Morgan fingerprint density at radius 3 is 3.09 bits per heavy atom. The molecule has 5 nitrogen and oxygen atoms in total. The molecule has 1 aromatic heterocycles. The predicted octanol–water partition coefficient (Wildman–Crippen LogP) is 2.24. The number of aromatic nitrogens is 2. The predicted molar refractivity (Wildman–Crippen MR) is 81.9 cm³/mol.